The molecule has 1 aliphatic rings. The second kappa shape index (κ2) is 12.6. The standard InChI is InChI=1S/C28H33N5O7/c29-20(12-16-7-9-18(35)10-8-16)25(36)32-23(15-34)26(37)31-22(27(38)33-11-3-6-24(33)28(39)40)13-17-14-30-21-5-2-1-4-19(17)21/h1-2,4-5,7-10,14,20,22-24,30,34-35H,3,6,11-13,15,29H2,(H,31,37)(H,32,36)(H,39,40). The van der Waals surface area contributed by atoms with Crippen LogP contribution in [0.15, 0.2) is 54.7 Å². The first-order chi connectivity index (χ1) is 19.2. The largest absolute Gasteiger partial charge is 0.508 e. The molecule has 0 aliphatic carbocycles. The van der Waals surface area contributed by atoms with Gasteiger partial charge in [0.05, 0.1) is 12.6 Å². The van der Waals surface area contributed by atoms with Gasteiger partial charge in [-0.1, -0.05) is 30.3 Å². The zero-order valence-electron chi connectivity index (χ0n) is 21.7. The Morgan fingerprint density at radius 3 is 2.40 bits per heavy atom. The van der Waals surface area contributed by atoms with Crippen molar-refractivity contribution in [2.75, 3.05) is 13.2 Å². The first-order valence-corrected chi connectivity index (χ1v) is 13.0. The number of aromatic nitrogens is 1. The smallest absolute Gasteiger partial charge is 0.326 e. The number of carboxylic acids is 1. The van der Waals surface area contributed by atoms with Gasteiger partial charge in [0.1, 0.15) is 23.9 Å². The number of nitrogens with one attached hydrogen (secondary N) is 3. The van der Waals surface area contributed by atoms with Crippen LogP contribution in [0, 0.1) is 0 Å². The molecular weight excluding hydrogens is 518 g/mol. The summed E-state index contributed by atoms with van der Waals surface area (Å²) in [5.41, 5.74) is 8.26. The lowest BCUT2D eigenvalue weighted by molar-refractivity contribution is -0.149. The lowest BCUT2D eigenvalue weighted by Crippen LogP contribution is -2.58. The summed E-state index contributed by atoms with van der Waals surface area (Å²) in [6.45, 7) is -0.513. The lowest BCUT2D eigenvalue weighted by atomic mass is 10.0. The lowest BCUT2D eigenvalue weighted by Gasteiger charge is -2.28. The number of H-pyrrole nitrogens is 1. The third kappa shape index (κ3) is 6.58. The highest BCUT2D eigenvalue weighted by molar-refractivity contribution is 5.95. The van der Waals surface area contributed by atoms with Crippen LogP contribution in [0.5, 0.6) is 5.75 Å². The summed E-state index contributed by atoms with van der Waals surface area (Å²) in [5, 5.41) is 34.8. The van der Waals surface area contributed by atoms with Crippen molar-refractivity contribution >= 4 is 34.6 Å². The molecule has 0 bridgehead atoms. The minimum Gasteiger partial charge on any atom is -0.508 e. The molecule has 0 saturated carbocycles. The van der Waals surface area contributed by atoms with Crippen molar-refractivity contribution in [3.05, 3.63) is 65.9 Å². The number of aliphatic carboxylic acids is 1. The molecule has 4 rings (SSSR count). The molecule has 0 spiro atoms. The van der Waals surface area contributed by atoms with Gasteiger partial charge >= 0.3 is 5.97 Å². The summed E-state index contributed by atoms with van der Waals surface area (Å²) in [6.07, 6.45) is 2.74. The highest BCUT2D eigenvalue weighted by Gasteiger charge is 2.38. The van der Waals surface area contributed by atoms with Crippen LogP contribution in [0.4, 0.5) is 0 Å². The van der Waals surface area contributed by atoms with E-state index in [4.69, 9.17) is 5.73 Å². The maximum Gasteiger partial charge on any atom is 0.326 e. The fraction of sp³-hybridized carbons (Fsp3) is 0.357. The number of phenols is 1. The van der Waals surface area contributed by atoms with Crippen molar-refractivity contribution in [2.45, 2.75) is 49.9 Å². The molecule has 1 fully saturated rings. The van der Waals surface area contributed by atoms with Gasteiger partial charge in [0, 0.05) is 30.1 Å². The molecule has 8 N–H and O–H groups in total. The van der Waals surface area contributed by atoms with Gasteiger partial charge in [-0.3, -0.25) is 14.4 Å². The molecule has 12 nitrogen and oxygen atoms in total. The molecule has 3 amide bonds. The Hall–Kier alpha value is -4.42. The number of nitrogens with zero attached hydrogens (tertiary/aromatic N) is 1. The number of aliphatic hydroxyl groups is 1. The van der Waals surface area contributed by atoms with Crippen LogP contribution in [0.25, 0.3) is 10.9 Å². The number of carbonyl (C=O) groups is 4. The quantitative estimate of drug-likeness (QED) is 0.173. The molecule has 4 unspecified atom stereocenters. The number of benzene rings is 2. The van der Waals surface area contributed by atoms with Crippen LogP contribution in [-0.2, 0) is 32.0 Å². The van der Waals surface area contributed by atoms with E-state index < -0.39 is 54.5 Å². The maximum absolute atomic E-state index is 13.6. The number of aromatic amines is 1. The Morgan fingerprint density at radius 1 is 1.00 bits per heavy atom. The molecule has 12 heteroatoms. The predicted octanol–water partition coefficient (Wildman–Crippen LogP) is 0.0235. The molecule has 40 heavy (non-hydrogen) atoms. The van der Waals surface area contributed by atoms with Crippen molar-refractivity contribution in [2.24, 2.45) is 5.73 Å². The van der Waals surface area contributed by atoms with E-state index in [1.54, 1.807) is 18.3 Å². The van der Waals surface area contributed by atoms with Gasteiger partial charge in [0.15, 0.2) is 0 Å². The van der Waals surface area contributed by atoms with Crippen molar-refractivity contribution < 1.29 is 34.5 Å². The van der Waals surface area contributed by atoms with Crippen molar-refractivity contribution in [3.63, 3.8) is 0 Å². The summed E-state index contributed by atoms with van der Waals surface area (Å²) >= 11 is 0. The van der Waals surface area contributed by atoms with Crippen molar-refractivity contribution in [1.82, 2.24) is 20.5 Å². The predicted molar refractivity (Wildman–Crippen MR) is 145 cm³/mol. The summed E-state index contributed by atoms with van der Waals surface area (Å²) in [5.74, 6) is -3.11. The summed E-state index contributed by atoms with van der Waals surface area (Å²) < 4.78 is 0. The zero-order valence-corrected chi connectivity index (χ0v) is 21.7. The monoisotopic (exact) mass is 551 g/mol. The fourth-order valence-corrected chi connectivity index (χ4v) is 4.93. The molecular formula is C28H33N5O7. The molecule has 3 aromatic rings. The van der Waals surface area contributed by atoms with Gasteiger partial charge < -0.3 is 41.6 Å². The van der Waals surface area contributed by atoms with Gasteiger partial charge in [-0.15, -0.1) is 0 Å². The van der Waals surface area contributed by atoms with E-state index in [1.165, 1.54) is 17.0 Å². The summed E-state index contributed by atoms with van der Waals surface area (Å²) in [7, 11) is 0. The first kappa shape index (κ1) is 28.6. The average molecular weight is 552 g/mol. The van der Waals surface area contributed by atoms with Crippen LogP contribution in [0.3, 0.4) is 0 Å². The van der Waals surface area contributed by atoms with E-state index in [0.717, 1.165) is 16.5 Å². The number of aliphatic hydroxyl groups excluding tert-OH is 1. The Morgan fingerprint density at radius 2 is 1.70 bits per heavy atom. The van der Waals surface area contributed by atoms with Gasteiger partial charge in [-0.2, -0.15) is 0 Å². The number of hydrogen-bond donors (Lipinski definition) is 7. The summed E-state index contributed by atoms with van der Waals surface area (Å²) in [4.78, 5) is 55.6. The molecule has 2 heterocycles. The maximum atomic E-state index is 13.6. The minimum absolute atomic E-state index is 0.0594. The number of carbonyl (C=O) groups excluding carboxylic acids is 3. The first-order valence-electron chi connectivity index (χ1n) is 13.0. The molecule has 1 saturated heterocycles. The molecule has 1 aromatic heterocycles. The van der Waals surface area contributed by atoms with Crippen LogP contribution in [-0.4, -0.2) is 86.2 Å². The Bertz CT molecular complexity index is 1370. The molecule has 212 valence electrons. The van der Waals surface area contributed by atoms with E-state index in [-0.39, 0.29) is 25.1 Å². The Kier molecular flexibility index (Phi) is 9.02. The third-order valence-corrected chi connectivity index (χ3v) is 7.08. The number of hydrogen-bond acceptors (Lipinski definition) is 7. The van der Waals surface area contributed by atoms with Crippen LogP contribution >= 0.6 is 0 Å². The SMILES string of the molecule is NC(Cc1ccc(O)cc1)C(=O)NC(CO)C(=O)NC(Cc1c[nH]c2ccccc12)C(=O)N1CCCC1C(=O)O. The zero-order chi connectivity index (χ0) is 28.8. The molecule has 1 aliphatic heterocycles. The van der Waals surface area contributed by atoms with Gasteiger partial charge in [0.25, 0.3) is 0 Å². The second-order valence-electron chi connectivity index (χ2n) is 9.87. The van der Waals surface area contributed by atoms with E-state index in [1.807, 2.05) is 24.3 Å². The topological polar surface area (TPSA) is 198 Å². The number of nitrogens with two attached hydrogens (primary N) is 1. The van der Waals surface area contributed by atoms with E-state index in [9.17, 15) is 34.5 Å². The number of phenolic OH excluding ortho intramolecular Hbond substituents is 1. The second-order valence-corrected chi connectivity index (χ2v) is 9.87. The number of rotatable bonds is 11. The average Bonchev–Trinajstić information content (AvgIpc) is 3.60. The molecule has 0 radical (unpaired) electrons. The highest BCUT2D eigenvalue weighted by atomic mass is 16.4. The van der Waals surface area contributed by atoms with E-state index in [0.29, 0.717) is 18.4 Å². The molecule has 4 atom stereocenters. The minimum atomic E-state index is -1.40. The van der Waals surface area contributed by atoms with Gasteiger partial charge in [0.2, 0.25) is 17.7 Å². The Balaban J connectivity index is 1.49. The number of carboxylic acid groups (broad SMARTS) is 1. The van der Waals surface area contributed by atoms with Crippen LogP contribution in [0.2, 0.25) is 0 Å². The molecule has 2 aromatic carbocycles. The number of amides is 3. The van der Waals surface area contributed by atoms with Crippen molar-refractivity contribution in [3.8, 4) is 5.75 Å². The Labute approximate surface area is 230 Å². The fourth-order valence-electron chi connectivity index (χ4n) is 4.93. The summed E-state index contributed by atoms with van der Waals surface area (Å²) in [6, 6.07) is 9.00. The van der Waals surface area contributed by atoms with Gasteiger partial charge in [-0.25, -0.2) is 4.79 Å². The number of aromatic hydroxyl groups is 1. The van der Waals surface area contributed by atoms with E-state index in [2.05, 4.69) is 15.6 Å². The van der Waals surface area contributed by atoms with E-state index >= 15 is 0 Å². The number of para-hydroxylation sites is 1. The van der Waals surface area contributed by atoms with Crippen LogP contribution < -0.4 is 16.4 Å². The van der Waals surface area contributed by atoms with Crippen LogP contribution in [0.1, 0.15) is 24.0 Å². The highest BCUT2D eigenvalue weighted by Crippen LogP contribution is 2.23. The van der Waals surface area contributed by atoms with Gasteiger partial charge in [-0.05, 0) is 48.6 Å². The number of fused-ring (bicyclic) bond motifs is 1. The van der Waals surface area contributed by atoms with Crippen molar-refractivity contribution in [1.29, 1.82) is 0 Å². The third-order valence-electron chi connectivity index (χ3n) is 7.08. The number of likely N-dealkylation sites (tertiary alicyclic amines) is 1. The normalized spacial score (nSPS) is 17.2.